The lowest BCUT2D eigenvalue weighted by atomic mass is 9.87. The zero-order valence-corrected chi connectivity index (χ0v) is 22.4. The number of rotatable bonds is 7. The van der Waals surface area contributed by atoms with Crippen LogP contribution in [0.5, 0.6) is 11.5 Å². The van der Waals surface area contributed by atoms with Crippen LogP contribution in [-0.4, -0.2) is 78.8 Å². The van der Waals surface area contributed by atoms with Crippen LogP contribution in [0.2, 0.25) is 0 Å². The minimum atomic E-state index is -0.360. The summed E-state index contributed by atoms with van der Waals surface area (Å²) in [5, 5.41) is 11.0. The van der Waals surface area contributed by atoms with Crippen LogP contribution in [0.1, 0.15) is 56.1 Å². The van der Waals surface area contributed by atoms with Gasteiger partial charge in [-0.3, -0.25) is 9.69 Å². The predicted molar refractivity (Wildman–Crippen MR) is 147 cm³/mol. The van der Waals surface area contributed by atoms with E-state index < -0.39 is 0 Å². The van der Waals surface area contributed by atoms with Gasteiger partial charge in [0.1, 0.15) is 0 Å². The number of aliphatic hydroxyl groups excluding tert-OH is 1. The van der Waals surface area contributed by atoms with Crippen molar-refractivity contribution < 1.29 is 19.4 Å². The van der Waals surface area contributed by atoms with Crippen molar-refractivity contribution in [3.05, 3.63) is 47.5 Å². The van der Waals surface area contributed by atoms with Crippen LogP contribution in [0.4, 0.5) is 0 Å². The Morgan fingerprint density at radius 1 is 1.03 bits per heavy atom. The number of ether oxygens (including phenoxy) is 2. The molecule has 2 N–H and O–H groups in total. The number of aliphatic hydroxyl groups is 1. The van der Waals surface area contributed by atoms with E-state index in [2.05, 4.69) is 48.0 Å². The molecule has 2 fully saturated rings. The Bertz CT molecular complexity index is 1260. The fraction of sp³-hybridized carbons (Fsp3) is 0.500. The van der Waals surface area contributed by atoms with Crippen LogP contribution in [-0.2, 0) is 4.79 Å². The summed E-state index contributed by atoms with van der Waals surface area (Å²) in [4.78, 5) is 20.4. The van der Waals surface area contributed by atoms with Gasteiger partial charge >= 0.3 is 0 Å². The quantitative estimate of drug-likeness (QED) is 0.485. The van der Waals surface area contributed by atoms with Gasteiger partial charge in [0.25, 0.3) is 0 Å². The molecule has 1 amide bonds. The van der Waals surface area contributed by atoms with Crippen LogP contribution in [0, 0.1) is 0 Å². The second-order valence-electron chi connectivity index (χ2n) is 10.8. The molecular weight excluding hydrogens is 466 g/mol. The molecule has 5 rings (SSSR count). The molecule has 0 aliphatic carbocycles. The van der Waals surface area contributed by atoms with Crippen molar-refractivity contribution >= 4 is 16.8 Å². The first kappa shape index (κ1) is 25.6. The smallest absolute Gasteiger partial charge is 0.236 e. The van der Waals surface area contributed by atoms with Crippen molar-refractivity contribution in [2.45, 2.75) is 51.0 Å². The van der Waals surface area contributed by atoms with Crippen molar-refractivity contribution in [2.24, 2.45) is 0 Å². The average molecular weight is 506 g/mol. The number of nitrogens with zero attached hydrogens (tertiary/aromatic N) is 2. The SMILES string of the molecule is COc1ccc(-c2[nH]c3ccc(C4CCN(CC(=O)N5CC[C@H](O)C5)CC4)cc3c2C(C)C)cc1OC. The van der Waals surface area contributed by atoms with Gasteiger partial charge < -0.3 is 24.5 Å². The van der Waals surface area contributed by atoms with Gasteiger partial charge in [0.2, 0.25) is 5.91 Å². The molecule has 7 heteroatoms. The van der Waals surface area contributed by atoms with E-state index in [9.17, 15) is 9.90 Å². The molecule has 0 unspecified atom stereocenters. The normalized spacial score (nSPS) is 19.2. The zero-order valence-electron chi connectivity index (χ0n) is 22.4. The maximum Gasteiger partial charge on any atom is 0.236 e. The van der Waals surface area contributed by atoms with E-state index in [1.54, 1.807) is 19.1 Å². The van der Waals surface area contributed by atoms with Gasteiger partial charge in [-0.25, -0.2) is 0 Å². The fourth-order valence-electron chi connectivity index (χ4n) is 5.99. The molecule has 0 radical (unpaired) electrons. The molecular formula is C30H39N3O4. The third-order valence-electron chi connectivity index (χ3n) is 8.05. The first-order valence-electron chi connectivity index (χ1n) is 13.4. The summed E-state index contributed by atoms with van der Waals surface area (Å²) in [6.45, 7) is 7.95. The van der Waals surface area contributed by atoms with E-state index in [0.29, 0.717) is 37.9 Å². The number of nitrogens with one attached hydrogen (secondary N) is 1. The Morgan fingerprint density at radius 2 is 1.78 bits per heavy atom. The number of carbonyl (C=O) groups excluding carboxylic acids is 1. The molecule has 198 valence electrons. The summed E-state index contributed by atoms with van der Waals surface area (Å²) in [6, 6.07) is 12.9. The summed E-state index contributed by atoms with van der Waals surface area (Å²) in [5.74, 6) is 2.43. The number of hydrogen-bond donors (Lipinski definition) is 2. The summed E-state index contributed by atoms with van der Waals surface area (Å²) in [5.41, 5.74) is 6.06. The second-order valence-corrected chi connectivity index (χ2v) is 10.8. The van der Waals surface area contributed by atoms with Gasteiger partial charge in [-0.15, -0.1) is 0 Å². The monoisotopic (exact) mass is 505 g/mol. The summed E-state index contributed by atoms with van der Waals surface area (Å²) >= 11 is 0. The Balaban J connectivity index is 1.34. The van der Waals surface area contributed by atoms with Gasteiger partial charge in [-0.2, -0.15) is 0 Å². The number of piperidine rings is 1. The van der Waals surface area contributed by atoms with E-state index in [0.717, 1.165) is 54.2 Å². The van der Waals surface area contributed by atoms with Crippen LogP contribution in [0.3, 0.4) is 0 Å². The number of benzene rings is 2. The number of likely N-dealkylation sites (tertiary alicyclic amines) is 2. The van der Waals surface area contributed by atoms with E-state index in [-0.39, 0.29) is 12.0 Å². The van der Waals surface area contributed by atoms with Crippen LogP contribution < -0.4 is 9.47 Å². The number of fused-ring (bicyclic) bond motifs is 1. The third-order valence-corrected chi connectivity index (χ3v) is 8.05. The lowest BCUT2D eigenvalue weighted by Gasteiger charge is -2.32. The molecule has 0 spiro atoms. The van der Waals surface area contributed by atoms with Gasteiger partial charge in [-0.1, -0.05) is 19.9 Å². The average Bonchev–Trinajstić information content (AvgIpc) is 3.52. The van der Waals surface area contributed by atoms with Crippen LogP contribution in [0.25, 0.3) is 22.2 Å². The third kappa shape index (κ3) is 5.20. The summed E-state index contributed by atoms with van der Waals surface area (Å²) in [7, 11) is 3.32. The van der Waals surface area contributed by atoms with Crippen molar-refractivity contribution in [3.63, 3.8) is 0 Å². The highest BCUT2D eigenvalue weighted by atomic mass is 16.5. The van der Waals surface area contributed by atoms with Crippen molar-refractivity contribution in [3.8, 4) is 22.8 Å². The molecule has 37 heavy (non-hydrogen) atoms. The number of aromatic nitrogens is 1. The highest BCUT2D eigenvalue weighted by Gasteiger charge is 2.28. The number of carbonyl (C=O) groups is 1. The Labute approximate surface area is 219 Å². The minimum Gasteiger partial charge on any atom is -0.493 e. The number of methoxy groups -OCH3 is 2. The minimum absolute atomic E-state index is 0.146. The lowest BCUT2D eigenvalue weighted by Crippen LogP contribution is -2.42. The first-order chi connectivity index (χ1) is 17.9. The molecule has 1 atom stereocenters. The fourth-order valence-corrected chi connectivity index (χ4v) is 5.99. The lowest BCUT2D eigenvalue weighted by molar-refractivity contribution is -0.132. The molecule has 0 bridgehead atoms. The Hall–Kier alpha value is -3.03. The molecule has 1 aromatic heterocycles. The number of amides is 1. The van der Waals surface area contributed by atoms with E-state index >= 15 is 0 Å². The maximum atomic E-state index is 12.6. The molecule has 7 nitrogen and oxygen atoms in total. The molecule has 2 saturated heterocycles. The highest BCUT2D eigenvalue weighted by molar-refractivity contribution is 5.92. The highest BCUT2D eigenvalue weighted by Crippen LogP contribution is 2.40. The van der Waals surface area contributed by atoms with E-state index in [4.69, 9.17) is 9.47 Å². The van der Waals surface area contributed by atoms with E-state index in [1.807, 2.05) is 12.1 Å². The summed E-state index contributed by atoms with van der Waals surface area (Å²) < 4.78 is 11.0. The number of H-pyrrole nitrogens is 1. The topological polar surface area (TPSA) is 78.0 Å². The van der Waals surface area contributed by atoms with Crippen molar-refractivity contribution in [2.75, 3.05) is 46.9 Å². The van der Waals surface area contributed by atoms with Gasteiger partial charge in [0, 0.05) is 29.6 Å². The van der Waals surface area contributed by atoms with Crippen LogP contribution in [0.15, 0.2) is 36.4 Å². The zero-order chi connectivity index (χ0) is 26.1. The molecule has 3 aromatic rings. The standard InChI is InChI=1S/C30H39N3O4/c1-19(2)29-24-15-21(20-9-12-32(13-10-20)18-28(35)33-14-11-23(34)17-33)5-7-25(24)31-30(29)22-6-8-26(36-3)27(16-22)37-4/h5-8,15-16,19-20,23,31,34H,9-14,17-18H2,1-4H3/t23-/m0/s1. The summed E-state index contributed by atoms with van der Waals surface area (Å²) in [6.07, 6.45) is 2.43. The predicted octanol–water partition coefficient (Wildman–Crippen LogP) is 4.75. The Kier molecular flexibility index (Phi) is 7.45. The molecule has 2 aliphatic heterocycles. The van der Waals surface area contributed by atoms with Gasteiger partial charge in [-0.05, 0) is 85.6 Å². The van der Waals surface area contributed by atoms with Gasteiger partial charge in [0.15, 0.2) is 11.5 Å². The largest absolute Gasteiger partial charge is 0.493 e. The number of hydrogen-bond acceptors (Lipinski definition) is 5. The van der Waals surface area contributed by atoms with Crippen molar-refractivity contribution in [1.29, 1.82) is 0 Å². The van der Waals surface area contributed by atoms with E-state index in [1.165, 1.54) is 16.5 Å². The maximum absolute atomic E-state index is 12.6. The van der Waals surface area contributed by atoms with Gasteiger partial charge in [0.05, 0.1) is 32.6 Å². The molecule has 2 aliphatic rings. The second kappa shape index (κ2) is 10.8. The molecule has 3 heterocycles. The Morgan fingerprint density at radius 3 is 2.43 bits per heavy atom. The number of β-amino-alcohol motifs (C(OH)–C–C–N with tert-alkyl or cyclic N) is 1. The molecule has 2 aromatic carbocycles. The number of aromatic amines is 1. The van der Waals surface area contributed by atoms with Crippen LogP contribution >= 0.6 is 0 Å². The molecule has 0 saturated carbocycles. The first-order valence-corrected chi connectivity index (χ1v) is 13.4. The van der Waals surface area contributed by atoms with Crippen molar-refractivity contribution in [1.82, 2.24) is 14.8 Å².